The first-order chi connectivity index (χ1) is 6.50. The third kappa shape index (κ3) is 1.52. The molecule has 0 spiro atoms. The van der Waals surface area contributed by atoms with Gasteiger partial charge >= 0.3 is 10.1 Å². The fourth-order valence-electron chi connectivity index (χ4n) is 1.16. The highest BCUT2D eigenvalue weighted by Crippen LogP contribution is 2.37. The maximum atomic E-state index is 10.9. The minimum Gasteiger partial charge on any atom is -0.281 e. The van der Waals surface area contributed by atoms with Crippen LogP contribution in [0.15, 0.2) is 28.5 Å². The van der Waals surface area contributed by atoms with E-state index in [0.717, 1.165) is 16.0 Å². The molecule has 2 aromatic rings. The summed E-state index contributed by atoms with van der Waals surface area (Å²) in [5, 5.41) is 0.736. The fourth-order valence-corrected chi connectivity index (χ4v) is 3.64. The Hall–Kier alpha value is -0.620. The van der Waals surface area contributed by atoms with Crippen LogP contribution in [-0.2, 0) is 10.1 Å². The lowest BCUT2D eigenvalue weighted by molar-refractivity contribution is 0.485. The summed E-state index contributed by atoms with van der Waals surface area (Å²) in [5.41, 5.74) is 0. The van der Waals surface area contributed by atoms with Gasteiger partial charge in [0.15, 0.2) is 4.21 Å². The standard InChI is InChI=1S/C8H5ClO3S2/c9-7-5-3-1-2-4-6(5)13-8(7)14(10,11)12/h1-4H,(H,10,11,12). The Morgan fingerprint density at radius 2 is 1.93 bits per heavy atom. The van der Waals surface area contributed by atoms with Gasteiger partial charge in [-0.1, -0.05) is 29.8 Å². The van der Waals surface area contributed by atoms with Crippen molar-refractivity contribution in [2.24, 2.45) is 0 Å². The molecule has 0 aliphatic rings. The van der Waals surface area contributed by atoms with Gasteiger partial charge in [-0.2, -0.15) is 8.42 Å². The lowest BCUT2D eigenvalue weighted by Crippen LogP contribution is -1.94. The molecule has 1 heterocycles. The molecule has 0 bridgehead atoms. The molecule has 2 rings (SSSR count). The van der Waals surface area contributed by atoms with Crippen LogP contribution in [-0.4, -0.2) is 13.0 Å². The van der Waals surface area contributed by atoms with Crippen LogP contribution in [0.1, 0.15) is 0 Å². The van der Waals surface area contributed by atoms with E-state index in [2.05, 4.69) is 0 Å². The molecule has 0 saturated heterocycles. The molecular formula is C8H5ClO3S2. The molecule has 3 nitrogen and oxygen atoms in total. The summed E-state index contributed by atoms with van der Waals surface area (Å²) in [5.74, 6) is 0. The second-order valence-electron chi connectivity index (χ2n) is 2.67. The van der Waals surface area contributed by atoms with Gasteiger partial charge < -0.3 is 0 Å². The van der Waals surface area contributed by atoms with Gasteiger partial charge in [-0.15, -0.1) is 11.3 Å². The molecule has 1 aromatic carbocycles. The molecule has 14 heavy (non-hydrogen) atoms. The first kappa shape index (κ1) is 9.92. The average molecular weight is 249 g/mol. The SMILES string of the molecule is O=S(=O)(O)c1sc2ccccc2c1Cl. The van der Waals surface area contributed by atoms with Crippen molar-refractivity contribution < 1.29 is 13.0 Å². The second-order valence-corrected chi connectivity index (χ2v) is 5.72. The van der Waals surface area contributed by atoms with E-state index in [1.54, 1.807) is 24.3 Å². The van der Waals surface area contributed by atoms with E-state index in [1.165, 1.54) is 0 Å². The van der Waals surface area contributed by atoms with Gasteiger partial charge in [0.25, 0.3) is 0 Å². The Kier molecular flexibility index (Phi) is 2.27. The van der Waals surface area contributed by atoms with Gasteiger partial charge in [-0.05, 0) is 6.07 Å². The zero-order chi connectivity index (χ0) is 10.3. The van der Waals surface area contributed by atoms with E-state index >= 15 is 0 Å². The van der Waals surface area contributed by atoms with Crippen molar-refractivity contribution in [3.8, 4) is 0 Å². The van der Waals surface area contributed by atoms with Gasteiger partial charge in [0.1, 0.15) is 0 Å². The van der Waals surface area contributed by atoms with Crippen molar-refractivity contribution in [1.82, 2.24) is 0 Å². The quantitative estimate of drug-likeness (QED) is 0.790. The number of benzene rings is 1. The highest BCUT2D eigenvalue weighted by Gasteiger charge is 2.19. The lowest BCUT2D eigenvalue weighted by atomic mass is 10.3. The Labute approximate surface area is 89.7 Å². The Morgan fingerprint density at radius 1 is 1.29 bits per heavy atom. The third-order valence-corrected chi connectivity index (χ3v) is 4.88. The van der Waals surface area contributed by atoms with E-state index in [4.69, 9.17) is 16.2 Å². The first-order valence-electron chi connectivity index (χ1n) is 3.64. The van der Waals surface area contributed by atoms with Crippen LogP contribution in [0.25, 0.3) is 10.1 Å². The molecule has 0 saturated carbocycles. The van der Waals surface area contributed by atoms with Crippen LogP contribution in [0.4, 0.5) is 0 Å². The topological polar surface area (TPSA) is 54.4 Å². The van der Waals surface area contributed by atoms with Gasteiger partial charge in [0.2, 0.25) is 0 Å². The van der Waals surface area contributed by atoms with Crippen LogP contribution in [0.3, 0.4) is 0 Å². The molecule has 0 amide bonds. The monoisotopic (exact) mass is 248 g/mol. The Morgan fingerprint density at radius 3 is 2.50 bits per heavy atom. The molecule has 0 aliphatic carbocycles. The number of thiophene rings is 1. The predicted molar refractivity (Wildman–Crippen MR) is 56.6 cm³/mol. The zero-order valence-corrected chi connectivity index (χ0v) is 9.16. The van der Waals surface area contributed by atoms with Crippen LogP contribution in [0, 0.1) is 0 Å². The molecule has 0 atom stereocenters. The normalized spacial score (nSPS) is 12.1. The molecule has 6 heteroatoms. The predicted octanol–water partition coefficient (Wildman–Crippen LogP) is 2.80. The van der Waals surface area contributed by atoms with Crippen molar-refractivity contribution in [3.05, 3.63) is 29.3 Å². The molecule has 1 aromatic heterocycles. The molecule has 0 radical (unpaired) electrons. The first-order valence-corrected chi connectivity index (χ1v) is 6.28. The molecule has 0 fully saturated rings. The third-order valence-electron chi connectivity index (χ3n) is 1.74. The van der Waals surface area contributed by atoms with Crippen molar-refractivity contribution in [2.75, 3.05) is 0 Å². The maximum Gasteiger partial charge on any atom is 0.305 e. The maximum absolute atomic E-state index is 10.9. The van der Waals surface area contributed by atoms with Gasteiger partial charge in [0, 0.05) is 10.1 Å². The molecular weight excluding hydrogens is 244 g/mol. The highest BCUT2D eigenvalue weighted by molar-refractivity contribution is 7.88. The van der Waals surface area contributed by atoms with E-state index in [9.17, 15) is 8.42 Å². The van der Waals surface area contributed by atoms with Crippen molar-refractivity contribution in [3.63, 3.8) is 0 Å². The molecule has 0 aliphatic heterocycles. The average Bonchev–Trinajstić information content (AvgIpc) is 2.44. The zero-order valence-electron chi connectivity index (χ0n) is 6.77. The summed E-state index contributed by atoms with van der Waals surface area (Å²) in [4.78, 5) is 0. The van der Waals surface area contributed by atoms with E-state index < -0.39 is 10.1 Å². The number of hydrogen-bond donors (Lipinski definition) is 1. The van der Waals surface area contributed by atoms with E-state index in [-0.39, 0.29) is 9.23 Å². The van der Waals surface area contributed by atoms with E-state index in [1.807, 2.05) is 0 Å². The summed E-state index contributed by atoms with van der Waals surface area (Å²) in [6, 6.07) is 7.00. The van der Waals surface area contributed by atoms with E-state index in [0.29, 0.717) is 5.39 Å². The minimum atomic E-state index is -4.21. The van der Waals surface area contributed by atoms with Crippen LogP contribution in [0.5, 0.6) is 0 Å². The lowest BCUT2D eigenvalue weighted by Gasteiger charge is -1.90. The summed E-state index contributed by atoms with van der Waals surface area (Å²) in [6.45, 7) is 0. The number of halogens is 1. The van der Waals surface area contributed by atoms with Gasteiger partial charge in [-0.3, -0.25) is 4.55 Å². The van der Waals surface area contributed by atoms with Crippen molar-refractivity contribution in [2.45, 2.75) is 4.21 Å². The minimum absolute atomic E-state index is 0.0908. The Balaban J connectivity index is 2.89. The fraction of sp³-hybridized carbons (Fsp3) is 0. The highest BCUT2D eigenvalue weighted by atomic mass is 35.5. The number of fused-ring (bicyclic) bond motifs is 1. The van der Waals surface area contributed by atoms with Gasteiger partial charge in [-0.25, -0.2) is 0 Å². The molecule has 74 valence electrons. The molecule has 0 unspecified atom stereocenters. The summed E-state index contributed by atoms with van der Waals surface area (Å²) >= 11 is 6.77. The Bertz CT molecular complexity index is 586. The van der Waals surface area contributed by atoms with Crippen molar-refractivity contribution in [1.29, 1.82) is 0 Å². The van der Waals surface area contributed by atoms with Crippen LogP contribution < -0.4 is 0 Å². The number of hydrogen-bond acceptors (Lipinski definition) is 3. The smallest absolute Gasteiger partial charge is 0.281 e. The largest absolute Gasteiger partial charge is 0.305 e. The summed E-state index contributed by atoms with van der Waals surface area (Å²) in [7, 11) is -4.21. The summed E-state index contributed by atoms with van der Waals surface area (Å²) < 4.78 is 31.2. The van der Waals surface area contributed by atoms with Crippen LogP contribution >= 0.6 is 22.9 Å². The molecule has 1 N–H and O–H groups in total. The number of rotatable bonds is 1. The second kappa shape index (κ2) is 3.20. The summed E-state index contributed by atoms with van der Waals surface area (Å²) in [6.07, 6.45) is 0. The van der Waals surface area contributed by atoms with Gasteiger partial charge in [0.05, 0.1) is 5.02 Å². The van der Waals surface area contributed by atoms with Crippen molar-refractivity contribution >= 4 is 43.1 Å². The van der Waals surface area contributed by atoms with Crippen LogP contribution in [0.2, 0.25) is 5.02 Å².